The van der Waals surface area contributed by atoms with Crippen LogP contribution in [0.25, 0.3) is 0 Å². The van der Waals surface area contributed by atoms with E-state index in [2.05, 4.69) is 57.2 Å². The fourth-order valence-electron chi connectivity index (χ4n) is 7.94. The fraction of sp³-hybridized carbons (Fsp3) is 0.842. The van der Waals surface area contributed by atoms with Gasteiger partial charge >= 0.3 is 17.9 Å². The Bertz CT molecular complexity index is 1060. The fourth-order valence-corrected chi connectivity index (χ4v) is 7.94. The third-order valence-electron chi connectivity index (χ3n) is 12.1. The van der Waals surface area contributed by atoms with Crippen LogP contribution < -0.4 is 0 Å². The maximum absolute atomic E-state index is 12.8. The van der Waals surface area contributed by atoms with Crippen LogP contribution in [0.5, 0.6) is 0 Å². The summed E-state index contributed by atoms with van der Waals surface area (Å²) in [6, 6.07) is 0. The molecule has 0 aliphatic rings. The molecule has 0 aromatic rings. The number of carbonyl (C=O) groups excluding carboxylic acids is 3. The lowest BCUT2D eigenvalue weighted by Crippen LogP contribution is -2.30. The first-order valence-corrected chi connectivity index (χ1v) is 27.5. The van der Waals surface area contributed by atoms with Gasteiger partial charge < -0.3 is 14.2 Å². The highest BCUT2D eigenvalue weighted by atomic mass is 16.6. The molecule has 0 spiro atoms. The highest BCUT2D eigenvalue weighted by Gasteiger charge is 2.19. The van der Waals surface area contributed by atoms with Crippen molar-refractivity contribution in [3.8, 4) is 0 Å². The molecule has 0 N–H and O–H groups in total. The molecule has 0 amide bonds. The number of esters is 3. The molecule has 1 unspecified atom stereocenters. The Labute approximate surface area is 391 Å². The van der Waals surface area contributed by atoms with E-state index >= 15 is 0 Å². The predicted octanol–water partition coefficient (Wildman–Crippen LogP) is 18.1. The van der Waals surface area contributed by atoms with E-state index in [1.54, 1.807) is 0 Å². The van der Waals surface area contributed by atoms with Crippen LogP contribution >= 0.6 is 0 Å². The first-order valence-electron chi connectivity index (χ1n) is 27.5. The van der Waals surface area contributed by atoms with E-state index in [9.17, 15) is 14.4 Å². The van der Waals surface area contributed by atoms with Crippen LogP contribution in [0.15, 0.2) is 36.5 Å². The summed E-state index contributed by atoms with van der Waals surface area (Å²) in [6.45, 7) is 6.59. The second-order valence-electron chi connectivity index (χ2n) is 18.5. The van der Waals surface area contributed by atoms with Crippen molar-refractivity contribution < 1.29 is 28.6 Å². The summed E-state index contributed by atoms with van der Waals surface area (Å²) < 4.78 is 16.8. The minimum Gasteiger partial charge on any atom is -0.462 e. The van der Waals surface area contributed by atoms with Gasteiger partial charge in [-0.05, 0) is 64.2 Å². The number of ether oxygens (including phenoxy) is 3. The lowest BCUT2D eigenvalue weighted by molar-refractivity contribution is -0.167. The van der Waals surface area contributed by atoms with Crippen molar-refractivity contribution in [1.29, 1.82) is 0 Å². The van der Waals surface area contributed by atoms with Gasteiger partial charge in [-0.1, -0.05) is 243 Å². The van der Waals surface area contributed by atoms with Gasteiger partial charge in [-0.2, -0.15) is 0 Å². The average Bonchev–Trinajstić information content (AvgIpc) is 3.28. The topological polar surface area (TPSA) is 78.9 Å². The molecule has 6 heteroatoms. The molecule has 0 saturated carbocycles. The summed E-state index contributed by atoms with van der Waals surface area (Å²) in [4.78, 5) is 38.0. The van der Waals surface area contributed by atoms with Gasteiger partial charge in [0.05, 0.1) is 0 Å². The largest absolute Gasteiger partial charge is 0.462 e. The van der Waals surface area contributed by atoms with Crippen LogP contribution in [-0.2, 0) is 28.6 Å². The Morgan fingerprint density at radius 2 is 0.587 bits per heavy atom. The normalized spacial score (nSPS) is 12.2. The predicted molar refractivity (Wildman–Crippen MR) is 270 cm³/mol. The van der Waals surface area contributed by atoms with E-state index in [1.165, 1.54) is 173 Å². The van der Waals surface area contributed by atoms with E-state index in [4.69, 9.17) is 14.2 Å². The maximum Gasteiger partial charge on any atom is 0.306 e. The molecular formula is C57H104O6. The Morgan fingerprint density at radius 3 is 0.968 bits per heavy atom. The molecule has 0 heterocycles. The second-order valence-corrected chi connectivity index (χ2v) is 18.5. The maximum atomic E-state index is 12.8. The van der Waals surface area contributed by atoms with E-state index in [0.717, 1.165) is 77.0 Å². The Balaban J connectivity index is 4.29. The summed E-state index contributed by atoms with van der Waals surface area (Å²) in [5.41, 5.74) is 0. The van der Waals surface area contributed by atoms with Crippen molar-refractivity contribution in [3.63, 3.8) is 0 Å². The Morgan fingerprint density at radius 1 is 0.317 bits per heavy atom. The zero-order valence-corrected chi connectivity index (χ0v) is 42.1. The average molecular weight is 885 g/mol. The number of hydrogen-bond donors (Lipinski definition) is 0. The highest BCUT2D eigenvalue weighted by Crippen LogP contribution is 2.16. The van der Waals surface area contributed by atoms with Gasteiger partial charge in [0.15, 0.2) is 6.10 Å². The number of carbonyl (C=O) groups is 3. The zero-order valence-electron chi connectivity index (χ0n) is 42.1. The van der Waals surface area contributed by atoms with Crippen molar-refractivity contribution in [2.24, 2.45) is 0 Å². The molecule has 0 radical (unpaired) electrons. The molecule has 0 aromatic carbocycles. The van der Waals surface area contributed by atoms with Crippen molar-refractivity contribution in [1.82, 2.24) is 0 Å². The Kier molecular flexibility index (Phi) is 50.3. The van der Waals surface area contributed by atoms with Gasteiger partial charge in [0, 0.05) is 19.3 Å². The van der Waals surface area contributed by atoms with Crippen LogP contribution in [0.3, 0.4) is 0 Å². The molecule has 0 fully saturated rings. The molecule has 0 bridgehead atoms. The minimum atomic E-state index is -0.773. The van der Waals surface area contributed by atoms with E-state index in [-0.39, 0.29) is 31.1 Å². The molecule has 368 valence electrons. The van der Waals surface area contributed by atoms with Crippen LogP contribution in [0.1, 0.15) is 290 Å². The first kappa shape index (κ1) is 60.6. The molecule has 0 aliphatic carbocycles. The van der Waals surface area contributed by atoms with Crippen LogP contribution in [0.4, 0.5) is 0 Å². The zero-order chi connectivity index (χ0) is 45.8. The monoisotopic (exact) mass is 885 g/mol. The molecule has 1 atom stereocenters. The van der Waals surface area contributed by atoms with Gasteiger partial charge in [0.2, 0.25) is 0 Å². The van der Waals surface area contributed by atoms with Crippen molar-refractivity contribution in [3.05, 3.63) is 36.5 Å². The summed E-state index contributed by atoms with van der Waals surface area (Å²) in [6.07, 6.45) is 61.3. The second kappa shape index (κ2) is 52.3. The van der Waals surface area contributed by atoms with Crippen molar-refractivity contribution in [2.45, 2.75) is 297 Å². The number of hydrogen-bond acceptors (Lipinski definition) is 6. The standard InChI is InChI=1S/C57H104O6/c1-4-7-10-13-16-19-22-24-26-28-29-30-32-33-35-38-41-44-47-50-56(59)62-53-54(52-61-55(58)49-46-43-40-37-21-18-15-12-9-6-3)63-57(60)51-48-45-42-39-36-34-31-27-25-23-20-17-14-11-8-5-2/h15-16,18-19,22,24,54H,4-14,17,20-21,23,25-53H2,1-3H3/b18-15-,19-16-,24-22-. The van der Waals surface area contributed by atoms with E-state index in [1.807, 2.05) is 0 Å². The van der Waals surface area contributed by atoms with E-state index in [0.29, 0.717) is 19.3 Å². The van der Waals surface area contributed by atoms with Crippen molar-refractivity contribution in [2.75, 3.05) is 13.2 Å². The summed E-state index contributed by atoms with van der Waals surface area (Å²) >= 11 is 0. The summed E-state index contributed by atoms with van der Waals surface area (Å²) in [5.74, 6) is -0.878. The molecule has 6 nitrogen and oxygen atoms in total. The smallest absolute Gasteiger partial charge is 0.306 e. The van der Waals surface area contributed by atoms with Gasteiger partial charge in [-0.25, -0.2) is 0 Å². The molecule has 0 aromatic heterocycles. The summed E-state index contributed by atoms with van der Waals surface area (Å²) in [5, 5.41) is 0. The van der Waals surface area contributed by atoms with Crippen LogP contribution in [0.2, 0.25) is 0 Å². The van der Waals surface area contributed by atoms with Crippen LogP contribution in [-0.4, -0.2) is 37.2 Å². The van der Waals surface area contributed by atoms with E-state index < -0.39 is 6.10 Å². The molecule has 0 saturated heterocycles. The van der Waals surface area contributed by atoms with Crippen molar-refractivity contribution >= 4 is 17.9 Å². The molecule has 0 rings (SSSR count). The lowest BCUT2D eigenvalue weighted by atomic mass is 10.0. The number of unbranched alkanes of at least 4 members (excludes halogenated alkanes) is 34. The third-order valence-corrected chi connectivity index (χ3v) is 12.1. The summed E-state index contributed by atoms with van der Waals surface area (Å²) in [7, 11) is 0. The molecular weight excluding hydrogens is 781 g/mol. The first-order chi connectivity index (χ1) is 31.0. The number of allylic oxidation sites excluding steroid dienone is 6. The third kappa shape index (κ3) is 50.5. The molecule has 63 heavy (non-hydrogen) atoms. The van der Waals surface area contributed by atoms with Gasteiger partial charge in [0.25, 0.3) is 0 Å². The SMILES string of the molecule is CCCC/C=C\CCCCCCC(=O)OCC(COC(=O)CCCCCCCCCCCC/C=C\C=C/CCCCC)OC(=O)CCCCCCCCCCCCCCCCCC. The van der Waals surface area contributed by atoms with Gasteiger partial charge in [-0.3, -0.25) is 14.4 Å². The lowest BCUT2D eigenvalue weighted by Gasteiger charge is -2.18. The van der Waals surface area contributed by atoms with Gasteiger partial charge in [-0.15, -0.1) is 0 Å². The van der Waals surface area contributed by atoms with Crippen LogP contribution in [0, 0.1) is 0 Å². The Hall–Kier alpha value is -2.37. The highest BCUT2D eigenvalue weighted by molar-refractivity contribution is 5.71. The number of rotatable bonds is 50. The van der Waals surface area contributed by atoms with Gasteiger partial charge in [0.1, 0.15) is 13.2 Å². The molecule has 0 aliphatic heterocycles. The minimum absolute atomic E-state index is 0.0744. The quantitative estimate of drug-likeness (QED) is 0.0199.